The molecule has 2 aromatic carbocycles. The molecule has 4 aromatic rings. The lowest BCUT2D eigenvalue weighted by Gasteiger charge is -2.08. The number of hydrogen-bond donors (Lipinski definition) is 2. The molecule has 126 valence electrons. The summed E-state index contributed by atoms with van der Waals surface area (Å²) in [5, 5.41) is 5.00. The molecule has 4 nitrogen and oxygen atoms in total. The molecule has 5 heteroatoms. The second-order valence-electron chi connectivity index (χ2n) is 6.10. The van der Waals surface area contributed by atoms with Gasteiger partial charge in [-0.1, -0.05) is 18.2 Å². The SMILES string of the molecule is O=C(Cc1c[nH]c2ccccc12)NCCn1ccc2ccc(F)cc21. The van der Waals surface area contributed by atoms with Crippen molar-refractivity contribution in [3.63, 3.8) is 0 Å². The first kappa shape index (κ1) is 15.4. The maximum absolute atomic E-state index is 13.4. The Kier molecular flexibility index (Phi) is 3.98. The molecule has 25 heavy (non-hydrogen) atoms. The average molecular weight is 335 g/mol. The first-order valence-corrected chi connectivity index (χ1v) is 8.27. The lowest BCUT2D eigenvalue weighted by Crippen LogP contribution is -2.28. The van der Waals surface area contributed by atoms with Crippen LogP contribution in [-0.4, -0.2) is 22.0 Å². The van der Waals surface area contributed by atoms with Crippen LogP contribution in [0.15, 0.2) is 60.9 Å². The molecule has 0 radical (unpaired) electrons. The van der Waals surface area contributed by atoms with Crippen LogP contribution < -0.4 is 5.32 Å². The Morgan fingerprint density at radius 3 is 2.96 bits per heavy atom. The van der Waals surface area contributed by atoms with Crippen molar-refractivity contribution in [2.24, 2.45) is 0 Å². The van der Waals surface area contributed by atoms with Gasteiger partial charge in [0.1, 0.15) is 5.82 Å². The number of carbonyl (C=O) groups is 1. The zero-order valence-corrected chi connectivity index (χ0v) is 13.6. The number of amides is 1. The van der Waals surface area contributed by atoms with E-state index in [9.17, 15) is 9.18 Å². The number of rotatable bonds is 5. The smallest absolute Gasteiger partial charge is 0.224 e. The van der Waals surface area contributed by atoms with Crippen LogP contribution in [0.2, 0.25) is 0 Å². The van der Waals surface area contributed by atoms with Gasteiger partial charge in [0.15, 0.2) is 0 Å². The first-order chi connectivity index (χ1) is 12.2. The Hall–Kier alpha value is -3.08. The van der Waals surface area contributed by atoms with Crippen LogP contribution >= 0.6 is 0 Å². The highest BCUT2D eigenvalue weighted by molar-refractivity contribution is 5.88. The summed E-state index contributed by atoms with van der Waals surface area (Å²) in [6, 6.07) is 14.6. The van der Waals surface area contributed by atoms with E-state index in [1.54, 1.807) is 6.07 Å². The van der Waals surface area contributed by atoms with Crippen molar-refractivity contribution in [3.8, 4) is 0 Å². The predicted octanol–water partition coefficient (Wildman–Crippen LogP) is 3.62. The number of halogens is 1. The number of aromatic nitrogens is 2. The number of aromatic amines is 1. The van der Waals surface area contributed by atoms with Crippen LogP contribution in [0.1, 0.15) is 5.56 Å². The molecule has 0 aliphatic heterocycles. The largest absolute Gasteiger partial charge is 0.361 e. The minimum atomic E-state index is -0.254. The Morgan fingerprint density at radius 2 is 2.04 bits per heavy atom. The van der Waals surface area contributed by atoms with E-state index in [1.807, 2.05) is 47.3 Å². The minimum absolute atomic E-state index is 0.0209. The second kappa shape index (κ2) is 6.43. The molecule has 0 saturated heterocycles. The molecule has 2 N–H and O–H groups in total. The monoisotopic (exact) mass is 335 g/mol. The first-order valence-electron chi connectivity index (χ1n) is 8.27. The van der Waals surface area contributed by atoms with Gasteiger partial charge < -0.3 is 14.9 Å². The number of nitrogens with zero attached hydrogens (tertiary/aromatic N) is 1. The topological polar surface area (TPSA) is 49.8 Å². The van der Waals surface area contributed by atoms with E-state index in [-0.39, 0.29) is 11.7 Å². The summed E-state index contributed by atoms with van der Waals surface area (Å²) in [4.78, 5) is 15.4. The Labute approximate surface area is 144 Å². The summed E-state index contributed by atoms with van der Waals surface area (Å²) in [6.07, 6.45) is 4.13. The average Bonchev–Trinajstić information content (AvgIpc) is 3.20. The molecule has 0 spiro atoms. The highest BCUT2D eigenvalue weighted by Crippen LogP contribution is 2.18. The van der Waals surface area contributed by atoms with Gasteiger partial charge in [-0.15, -0.1) is 0 Å². The highest BCUT2D eigenvalue weighted by Gasteiger charge is 2.08. The van der Waals surface area contributed by atoms with Crippen LogP contribution in [0.25, 0.3) is 21.8 Å². The second-order valence-corrected chi connectivity index (χ2v) is 6.10. The van der Waals surface area contributed by atoms with Crippen LogP contribution in [-0.2, 0) is 17.8 Å². The molecule has 2 heterocycles. The molecule has 0 aliphatic rings. The third kappa shape index (κ3) is 3.13. The summed E-state index contributed by atoms with van der Waals surface area (Å²) < 4.78 is 15.3. The number of hydrogen-bond acceptors (Lipinski definition) is 1. The third-order valence-corrected chi connectivity index (χ3v) is 4.44. The van der Waals surface area contributed by atoms with Crippen molar-refractivity contribution >= 4 is 27.7 Å². The van der Waals surface area contributed by atoms with Crippen molar-refractivity contribution in [1.29, 1.82) is 0 Å². The Morgan fingerprint density at radius 1 is 1.16 bits per heavy atom. The summed E-state index contributed by atoms with van der Waals surface area (Å²) in [5.74, 6) is -0.275. The highest BCUT2D eigenvalue weighted by atomic mass is 19.1. The third-order valence-electron chi connectivity index (χ3n) is 4.44. The van der Waals surface area contributed by atoms with E-state index in [0.717, 1.165) is 27.4 Å². The molecule has 2 aromatic heterocycles. The minimum Gasteiger partial charge on any atom is -0.361 e. The van der Waals surface area contributed by atoms with Crippen molar-refractivity contribution in [3.05, 3.63) is 72.3 Å². The molecule has 0 saturated carbocycles. The Balaban J connectivity index is 1.38. The van der Waals surface area contributed by atoms with Gasteiger partial charge in [-0.05, 0) is 41.3 Å². The van der Waals surface area contributed by atoms with Gasteiger partial charge in [0.25, 0.3) is 0 Å². The van der Waals surface area contributed by atoms with Gasteiger partial charge in [-0.25, -0.2) is 4.39 Å². The van der Waals surface area contributed by atoms with Gasteiger partial charge in [0.2, 0.25) is 5.91 Å². The predicted molar refractivity (Wildman–Crippen MR) is 96.9 cm³/mol. The fourth-order valence-corrected chi connectivity index (χ4v) is 3.18. The zero-order valence-electron chi connectivity index (χ0n) is 13.6. The molecule has 0 aliphatic carbocycles. The quantitative estimate of drug-likeness (QED) is 0.575. The van der Waals surface area contributed by atoms with Crippen molar-refractivity contribution < 1.29 is 9.18 Å². The molecule has 0 fully saturated rings. The van der Waals surface area contributed by atoms with Gasteiger partial charge in [-0.2, -0.15) is 0 Å². The molecule has 4 rings (SSSR count). The lowest BCUT2D eigenvalue weighted by molar-refractivity contribution is -0.120. The zero-order chi connectivity index (χ0) is 17.2. The van der Waals surface area contributed by atoms with E-state index in [2.05, 4.69) is 10.3 Å². The number of fused-ring (bicyclic) bond motifs is 2. The Bertz CT molecular complexity index is 1050. The summed E-state index contributed by atoms with van der Waals surface area (Å²) >= 11 is 0. The van der Waals surface area contributed by atoms with Crippen LogP contribution in [0, 0.1) is 5.82 Å². The van der Waals surface area contributed by atoms with Crippen LogP contribution in [0.3, 0.4) is 0 Å². The van der Waals surface area contributed by atoms with E-state index >= 15 is 0 Å². The van der Waals surface area contributed by atoms with Gasteiger partial charge in [-0.3, -0.25) is 4.79 Å². The molecule has 0 unspecified atom stereocenters. The fourth-order valence-electron chi connectivity index (χ4n) is 3.18. The standard InChI is InChI=1S/C20H18FN3O/c21-16-6-5-14-7-9-24(19(14)12-16)10-8-22-20(25)11-15-13-23-18-4-2-1-3-17(15)18/h1-7,9,12-13,23H,8,10-11H2,(H,22,25). The van der Waals surface area contributed by atoms with E-state index < -0.39 is 0 Å². The number of carbonyl (C=O) groups excluding carboxylic acids is 1. The fraction of sp³-hybridized carbons (Fsp3) is 0.150. The van der Waals surface area contributed by atoms with Crippen molar-refractivity contribution in [2.75, 3.05) is 6.54 Å². The van der Waals surface area contributed by atoms with Crippen LogP contribution in [0.4, 0.5) is 4.39 Å². The van der Waals surface area contributed by atoms with Crippen molar-refractivity contribution in [1.82, 2.24) is 14.9 Å². The number of nitrogens with one attached hydrogen (secondary N) is 2. The normalized spacial score (nSPS) is 11.2. The summed E-state index contributed by atoms with van der Waals surface area (Å²) in [6.45, 7) is 1.11. The van der Waals surface area contributed by atoms with Gasteiger partial charge in [0.05, 0.1) is 11.9 Å². The lowest BCUT2D eigenvalue weighted by atomic mass is 10.1. The van der Waals surface area contributed by atoms with Crippen molar-refractivity contribution in [2.45, 2.75) is 13.0 Å². The molecule has 0 atom stereocenters. The molecule has 1 amide bonds. The maximum atomic E-state index is 13.4. The number of benzene rings is 2. The molecule has 0 bridgehead atoms. The van der Waals surface area contributed by atoms with Gasteiger partial charge in [0, 0.05) is 36.4 Å². The molecular weight excluding hydrogens is 317 g/mol. The summed E-state index contributed by atoms with van der Waals surface area (Å²) in [7, 11) is 0. The molecular formula is C20H18FN3O. The number of H-pyrrole nitrogens is 1. The maximum Gasteiger partial charge on any atom is 0.224 e. The van der Waals surface area contributed by atoms with Gasteiger partial charge >= 0.3 is 0 Å². The number of para-hydroxylation sites is 1. The van der Waals surface area contributed by atoms with E-state index in [4.69, 9.17) is 0 Å². The van der Waals surface area contributed by atoms with E-state index in [1.165, 1.54) is 12.1 Å². The van der Waals surface area contributed by atoms with E-state index in [0.29, 0.717) is 19.5 Å². The summed E-state index contributed by atoms with van der Waals surface area (Å²) in [5.41, 5.74) is 2.86. The van der Waals surface area contributed by atoms with Crippen LogP contribution in [0.5, 0.6) is 0 Å².